The fraction of sp³-hybridized carbons (Fsp3) is 0.333. The Morgan fingerprint density at radius 3 is 2.63 bits per heavy atom. The highest BCUT2D eigenvalue weighted by Crippen LogP contribution is 2.22. The maximum absolute atomic E-state index is 11.5. The van der Waals surface area contributed by atoms with Crippen LogP contribution in [0, 0.1) is 0 Å². The van der Waals surface area contributed by atoms with Gasteiger partial charge in [0, 0.05) is 13.0 Å². The van der Waals surface area contributed by atoms with Gasteiger partial charge in [0.1, 0.15) is 11.8 Å². The second-order valence-electron chi connectivity index (χ2n) is 3.69. The maximum atomic E-state index is 11.5. The van der Waals surface area contributed by atoms with E-state index in [0.717, 1.165) is 0 Å². The molecule has 104 valence electrons. The molecule has 0 fully saturated rings. The molecular formula is C12H14ClNO5. The highest BCUT2D eigenvalue weighted by Gasteiger charge is 2.19. The number of aliphatic hydroxyl groups is 1. The molecule has 0 radical (unpaired) electrons. The Hall–Kier alpha value is -1.79. The van der Waals surface area contributed by atoms with Crippen LogP contribution in [0.25, 0.3) is 0 Å². The van der Waals surface area contributed by atoms with Gasteiger partial charge in [-0.2, -0.15) is 0 Å². The highest BCUT2D eigenvalue weighted by atomic mass is 35.5. The lowest BCUT2D eigenvalue weighted by molar-refractivity contribution is -0.142. The number of carboxylic acids is 1. The number of carbonyl (C=O) groups is 2. The fourth-order valence-corrected chi connectivity index (χ4v) is 1.52. The SMILES string of the molecule is O=C(COc1ccccc1Cl)N[C@@H](CCO)C(=O)O. The third-order valence-corrected chi connectivity index (χ3v) is 2.56. The summed E-state index contributed by atoms with van der Waals surface area (Å²) in [5.41, 5.74) is 0. The molecule has 0 saturated heterocycles. The van der Waals surface area contributed by atoms with Gasteiger partial charge in [-0.25, -0.2) is 4.79 Å². The van der Waals surface area contributed by atoms with Crippen LogP contribution in [0.5, 0.6) is 5.75 Å². The normalized spacial score (nSPS) is 11.7. The second kappa shape index (κ2) is 7.60. The average molecular weight is 288 g/mol. The number of hydrogen-bond acceptors (Lipinski definition) is 4. The van der Waals surface area contributed by atoms with Crippen molar-refractivity contribution < 1.29 is 24.5 Å². The Morgan fingerprint density at radius 1 is 1.37 bits per heavy atom. The molecule has 0 aliphatic carbocycles. The maximum Gasteiger partial charge on any atom is 0.326 e. The van der Waals surface area contributed by atoms with Gasteiger partial charge >= 0.3 is 5.97 Å². The lowest BCUT2D eigenvalue weighted by Gasteiger charge is -2.13. The Labute approximate surface area is 114 Å². The van der Waals surface area contributed by atoms with Crippen molar-refractivity contribution in [2.45, 2.75) is 12.5 Å². The molecule has 1 atom stereocenters. The van der Waals surface area contributed by atoms with Crippen LogP contribution in [0.15, 0.2) is 24.3 Å². The summed E-state index contributed by atoms with van der Waals surface area (Å²) < 4.78 is 5.16. The van der Waals surface area contributed by atoms with Crippen LogP contribution in [-0.4, -0.2) is 41.3 Å². The molecule has 0 aromatic heterocycles. The van der Waals surface area contributed by atoms with E-state index < -0.39 is 17.9 Å². The molecule has 1 aromatic rings. The summed E-state index contributed by atoms with van der Waals surface area (Å²) in [6, 6.07) is 5.49. The number of nitrogens with one attached hydrogen (secondary N) is 1. The van der Waals surface area contributed by atoms with Crippen molar-refractivity contribution in [3.63, 3.8) is 0 Å². The Bertz CT molecular complexity index is 452. The van der Waals surface area contributed by atoms with Crippen molar-refractivity contribution in [3.05, 3.63) is 29.3 Å². The number of halogens is 1. The quantitative estimate of drug-likeness (QED) is 0.685. The summed E-state index contributed by atoms with van der Waals surface area (Å²) in [4.78, 5) is 22.3. The van der Waals surface area contributed by atoms with E-state index >= 15 is 0 Å². The van der Waals surface area contributed by atoms with Crippen LogP contribution in [-0.2, 0) is 9.59 Å². The number of para-hydroxylation sites is 1. The van der Waals surface area contributed by atoms with Gasteiger partial charge in [-0.3, -0.25) is 4.79 Å². The molecule has 0 aliphatic rings. The van der Waals surface area contributed by atoms with Crippen LogP contribution >= 0.6 is 11.6 Å². The number of aliphatic hydroxyl groups excluding tert-OH is 1. The summed E-state index contributed by atoms with van der Waals surface area (Å²) >= 11 is 5.83. The van der Waals surface area contributed by atoms with E-state index in [1.54, 1.807) is 24.3 Å². The number of amides is 1. The van der Waals surface area contributed by atoms with Crippen molar-refractivity contribution in [2.75, 3.05) is 13.2 Å². The van der Waals surface area contributed by atoms with E-state index in [1.807, 2.05) is 0 Å². The Kier molecular flexibility index (Phi) is 6.11. The monoisotopic (exact) mass is 287 g/mol. The first-order chi connectivity index (χ1) is 9.04. The number of aliphatic carboxylic acids is 1. The molecular weight excluding hydrogens is 274 g/mol. The van der Waals surface area contributed by atoms with E-state index in [4.69, 9.17) is 26.6 Å². The first-order valence-electron chi connectivity index (χ1n) is 5.55. The third-order valence-electron chi connectivity index (χ3n) is 2.25. The minimum atomic E-state index is -1.21. The van der Waals surface area contributed by atoms with Gasteiger partial charge < -0.3 is 20.3 Å². The predicted octanol–water partition coefficient (Wildman–Crippen LogP) is 0.671. The fourth-order valence-electron chi connectivity index (χ4n) is 1.33. The van der Waals surface area contributed by atoms with Crippen LogP contribution in [0.2, 0.25) is 5.02 Å². The molecule has 0 bridgehead atoms. The van der Waals surface area contributed by atoms with Gasteiger partial charge in [-0.05, 0) is 12.1 Å². The molecule has 0 heterocycles. The number of carbonyl (C=O) groups excluding carboxylic acids is 1. The first kappa shape index (κ1) is 15.3. The van der Waals surface area contributed by atoms with E-state index in [9.17, 15) is 9.59 Å². The van der Waals surface area contributed by atoms with Gasteiger partial charge in [0.05, 0.1) is 5.02 Å². The zero-order chi connectivity index (χ0) is 14.3. The largest absolute Gasteiger partial charge is 0.482 e. The Balaban J connectivity index is 2.47. The lowest BCUT2D eigenvalue weighted by atomic mass is 10.2. The Morgan fingerprint density at radius 2 is 2.05 bits per heavy atom. The van der Waals surface area contributed by atoms with Gasteiger partial charge in [0.2, 0.25) is 0 Å². The molecule has 0 unspecified atom stereocenters. The number of rotatable bonds is 7. The van der Waals surface area contributed by atoms with Crippen LogP contribution in [0.3, 0.4) is 0 Å². The third kappa shape index (κ3) is 5.15. The molecule has 1 aromatic carbocycles. The summed E-state index contributed by atoms with van der Waals surface area (Å²) in [5, 5.41) is 20.1. The van der Waals surface area contributed by atoms with Crippen molar-refractivity contribution in [1.29, 1.82) is 0 Å². The molecule has 1 amide bonds. The highest BCUT2D eigenvalue weighted by molar-refractivity contribution is 6.32. The molecule has 7 heteroatoms. The van der Waals surface area contributed by atoms with Crippen molar-refractivity contribution in [2.24, 2.45) is 0 Å². The summed E-state index contributed by atoms with van der Waals surface area (Å²) in [5.74, 6) is -1.46. The molecule has 0 aliphatic heterocycles. The van der Waals surface area contributed by atoms with Gasteiger partial charge in [-0.15, -0.1) is 0 Å². The zero-order valence-corrected chi connectivity index (χ0v) is 10.8. The van der Waals surface area contributed by atoms with E-state index in [0.29, 0.717) is 10.8 Å². The number of hydrogen-bond donors (Lipinski definition) is 3. The van der Waals surface area contributed by atoms with E-state index in [2.05, 4.69) is 5.32 Å². The summed E-state index contributed by atoms with van der Waals surface area (Å²) in [6.45, 7) is -0.679. The van der Waals surface area contributed by atoms with E-state index in [1.165, 1.54) is 0 Å². The molecule has 1 rings (SSSR count). The molecule has 0 saturated carbocycles. The average Bonchev–Trinajstić information content (AvgIpc) is 2.37. The summed E-state index contributed by atoms with van der Waals surface area (Å²) in [7, 11) is 0. The van der Waals surface area contributed by atoms with Gasteiger partial charge in [0.25, 0.3) is 5.91 Å². The van der Waals surface area contributed by atoms with Crippen LogP contribution in [0.4, 0.5) is 0 Å². The van der Waals surface area contributed by atoms with Gasteiger partial charge in [0.15, 0.2) is 6.61 Å². The topological polar surface area (TPSA) is 95.9 Å². The number of ether oxygens (including phenoxy) is 1. The molecule has 6 nitrogen and oxygen atoms in total. The number of benzene rings is 1. The predicted molar refractivity (Wildman–Crippen MR) is 68.2 cm³/mol. The minimum absolute atomic E-state index is 0.0623. The van der Waals surface area contributed by atoms with Crippen molar-refractivity contribution in [3.8, 4) is 5.75 Å². The first-order valence-corrected chi connectivity index (χ1v) is 5.92. The molecule has 19 heavy (non-hydrogen) atoms. The second-order valence-corrected chi connectivity index (χ2v) is 4.10. The molecule has 0 spiro atoms. The van der Waals surface area contributed by atoms with Gasteiger partial charge in [-0.1, -0.05) is 23.7 Å². The number of carboxylic acid groups (broad SMARTS) is 1. The van der Waals surface area contributed by atoms with Crippen molar-refractivity contribution in [1.82, 2.24) is 5.32 Å². The van der Waals surface area contributed by atoms with Crippen molar-refractivity contribution >= 4 is 23.5 Å². The summed E-state index contributed by atoms with van der Waals surface area (Å²) in [6.07, 6.45) is -0.0623. The lowest BCUT2D eigenvalue weighted by Crippen LogP contribution is -2.43. The van der Waals surface area contributed by atoms with Crippen LogP contribution in [0.1, 0.15) is 6.42 Å². The molecule has 3 N–H and O–H groups in total. The minimum Gasteiger partial charge on any atom is -0.482 e. The standard InChI is InChI=1S/C12H14ClNO5/c13-8-3-1-2-4-10(8)19-7-11(16)14-9(5-6-15)12(17)18/h1-4,9,15H,5-7H2,(H,14,16)(H,17,18)/t9-/m0/s1. The van der Waals surface area contributed by atoms with E-state index in [-0.39, 0.29) is 19.6 Å². The smallest absolute Gasteiger partial charge is 0.326 e. The zero-order valence-electron chi connectivity index (χ0n) is 10.0. The van der Waals surface area contributed by atoms with Crippen LogP contribution < -0.4 is 10.1 Å².